The Bertz CT molecular complexity index is 1750. The summed E-state index contributed by atoms with van der Waals surface area (Å²) in [5.41, 5.74) is 4.93. The number of aromatic nitrogens is 3. The number of nitrogens with zero attached hydrogens (tertiary/aromatic N) is 4. The molecule has 0 spiro atoms. The molecule has 0 radical (unpaired) electrons. The summed E-state index contributed by atoms with van der Waals surface area (Å²) in [4.78, 5) is 17.6. The standard InChI is InChI=1S/C27H29N5O4S/c1-5-31-23-9-7-6-8-20(23)21-16-18(10-12-24(21)31)26-28-22-17-19(27(33)29-37(34,35)30(2)3)11-13-25(22)32(26)14-15-36-4/h6-13,16-17H,5,14-15H2,1-4H3,(H,29,33). The molecule has 0 atom stereocenters. The molecular formula is C27H29N5O4S. The predicted octanol–water partition coefficient (Wildman–Crippen LogP) is 4.01. The zero-order chi connectivity index (χ0) is 26.3. The van der Waals surface area contributed by atoms with Gasteiger partial charge in [-0.25, -0.2) is 9.71 Å². The van der Waals surface area contributed by atoms with Crippen molar-refractivity contribution < 1.29 is 17.9 Å². The molecule has 0 fully saturated rings. The number of benzene rings is 3. The van der Waals surface area contributed by atoms with E-state index in [1.165, 1.54) is 25.0 Å². The van der Waals surface area contributed by atoms with E-state index in [1.807, 2.05) is 6.07 Å². The highest BCUT2D eigenvalue weighted by Crippen LogP contribution is 2.33. The first-order valence-electron chi connectivity index (χ1n) is 12.0. The van der Waals surface area contributed by atoms with Gasteiger partial charge in [0.1, 0.15) is 5.82 Å². The van der Waals surface area contributed by atoms with Crippen LogP contribution in [0.3, 0.4) is 0 Å². The predicted molar refractivity (Wildman–Crippen MR) is 146 cm³/mol. The molecule has 1 amide bonds. The van der Waals surface area contributed by atoms with Crippen molar-refractivity contribution in [1.82, 2.24) is 23.1 Å². The van der Waals surface area contributed by atoms with E-state index in [-0.39, 0.29) is 5.56 Å². The number of hydrogen-bond acceptors (Lipinski definition) is 5. The second-order valence-electron chi connectivity index (χ2n) is 9.00. The van der Waals surface area contributed by atoms with Crippen LogP contribution in [0, 0.1) is 0 Å². The van der Waals surface area contributed by atoms with Crippen LogP contribution in [0.4, 0.5) is 0 Å². The average molecular weight is 520 g/mol. The molecule has 0 aliphatic carbocycles. The van der Waals surface area contributed by atoms with E-state index >= 15 is 0 Å². The quantitative estimate of drug-likeness (QED) is 0.334. The van der Waals surface area contributed by atoms with E-state index in [4.69, 9.17) is 9.72 Å². The van der Waals surface area contributed by atoms with Crippen molar-refractivity contribution in [3.05, 3.63) is 66.2 Å². The Labute approximate surface area is 215 Å². The topological polar surface area (TPSA) is 98.5 Å². The Morgan fingerprint density at radius 2 is 1.70 bits per heavy atom. The number of carbonyl (C=O) groups is 1. The summed E-state index contributed by atoms with van der Waals surface area (Å²) in [5, 5.41) is 2.33. The number of imidazole rings is 1. The highest BCUT2D eigenvalue weighted by molar-refractivity contribution is 7.87. The fraction of sp³-hybridized carbons (Fsp3) is 0.259. The van der Waals surface area contributed by atoms with Crippen molar-refractivity contribution in [3.63, 3.8) is 0 Å². The fourth-order valence-corrected chi connectivity index (χ4v) is 5.24. The average Bonchev–Trinajstić information content (AvgIpc) is 3.41. The van der Waals surface area contributed by atoms with Gasteiger partial charge < -0.3 is 13.9 Å². The molecule has 3 aromatic carbocycles. The van der Waals surface area contributed by atoms with E-state index in [2.05, 4.69) is 57.2 Å². The molecule has 37 heavy (non-hydrogen) atoms. The molecule has 0 unspecified atom stereocenters. The molecular weight excluding hydrogens is 490 g/mol. The van der Waals surface area contributed by atoms with Gasteiger partial charge in [-0.05, 0) is 49.4 Å². The van der Waals surface area contributed by atoms with Crippen LogP contribution in [0.2, 0.25) is 0 Å². The third-order valence-corrected chi connectivity index (χ3v) is 7.98. The van der Waals surface area contributed by atoms with Gasteiger partial charge in [-0.3, -0.25) is 4.79 Å². The van der Waals surface area contributed by atoms with Crippen molar-refractivity contribution in [1.29, 1.82) is 0 Å². The number of fused-ring (bicyclic) bond motifs is 4. The molecule has 0 saturated heterocycles. The lowest BCUT2D eigenvalue weighted by Gasteiger charge is -2.12. The minimum absolute atomic E-state index is 0.210. The highest BCUT2D eigenvalue weighted by Gasteiger charge is 2.21. The van der Waals surface area contributed by atoms with Gasteiger partial charge in [0.25, 0.3) is 5.91 Å². The molecule has 2 heterocycles. The normalized spacial score (nSPS) is 12.2. The first-order chi connectivity index (χ1) is 17.7. The lowest BCUT2D eigenvalue weighted by atomic mass is 10.1. The summed E-state index contributed by atoms with van der Waals surface area (Å²) in [6.45, 7) is 4.06. The van der Waals surface area contributed by atoms with Crippen molar-refractivity contribution in [3.8, 4) is 11.4 Å². The molecule has 0 saturated carbocycles. The van der Waals surface area contributed by atoms with Crippen LogP contribution >= 0.6 is 0 Å². The number of carbonyl (C=O) groups excluding carboxylic acids is 1. The van der Waals surface area contributed by atoms with Crippen molar-refractivity contribution in [2.75, 3.05) is 27.8 Å². The van der Waals surface area contributed by atoms with Gasteiger partial charge in [0.05, 0.1) is 17.6 Å². The second kappa shape index (κ2) is 9.62. The van der Waals surface area contributed by atoms with Gasteiger partial charge in [-0.1, -0.05) is 18.2 Å². The summed E-state index contributed by atoms with van der Waals surface area (Å²) >= 11 is 0. The van der Waals surface area contributed by atoms with Gasteiger partial charge in [-0.15, -0.1) is 0 Å². The summed E-state index contributed by atoms with van der Waals surface area (Å²) in [7, 11) is 0.462. The van der Waals surface area contributed by atoms with Crippen molar-refractivity contribution in [2.45, 2.75) is 20.0 Å². The maximum Gasteiger partial charge on any atom is 0.303 e. The Morgan fingerprint density at radius 3 is 2.43 bits per heavy atom. The SMILES string of the molecule is CCn1c2ccccc2c2cc(-c3nc4cc(C(=O)NS(=O)(=O)N(C)C)ccc4n3CCOC)ccc21. The fourth-order valence-electron chi connectivity index (χ4n) is 4.70. The van der Waals surface area contributed by atoms with Crippen LogP contribution < -0.4 is 4.72 Å². The van der Waals surface area contributed by atoms with Crippen LogP contribution in [0.15, 0.2) is 60.7 Å². The molecule has 192 valence electrons. The van der Waals surface area contributed by atoms with Crippen LogP contribution in [-0.2, 0) is 28.0 Å². The third-order valence-electron chi connectivity index (χ3n) is 6.58. The molecule has 5 rings (SSSR count). The maximum atomic E-state index is 12.7. The minimum Gasteiger partial charge on any atom is -0.383 e. The molecule has 10 heteroatoms. The minimum atomic E-state index is -3.91. The zero-order valence-electron chi connectivity index (χ0n) is 21.2. The third kappa shape index (κ3) is 4.37. The summed E-state index contributed by atoms with van der Waals surface area (Å²) in [6.07, 6.45) is 0. The van der Waals surface area contributed by atoms with E-state index in [9.17, 15) is 13.2 Å². The molecule has 1 N–H and O–H groups in total. The van der Waals surface area contributed by atoms with E-state index in [0.717, 1.165) is 38.7 Å². The van der Waals surface area contributed by atoms with Gasteiger partial charge >= 0.3 is 10.2 Å². The Balaban J connectivity index is 1.64. The molecule has 5 aromatic rings. The molecule has 0 aliphatic heterocycles. The monoisotopic (exact) mass is 519 g/mol. The van der Waals surface area contributed by atoms with Gasteiger partial charge in [0.15, 0.2) is 0 Å². The molecule has 0 aliphatic rings. The van der Waals surface area contributed by atoms with Crippen LogP contribution in [0.5, 0.6) is 0 Å². The first-order valence-corrected chi connectivity index (χ1v) is 13.4. The van der Waals surface area contributed by atoms with Crippen LogP contribution in [0.25, 0.3) is 44.2 Å². The first kappa shape index (κ1) is 24.9. The summed E-state index contributed by atoms with van der Waals surface area (Å²) < 4.78 is 37.0. The zero-order valence-corrected chi connectivity index (χ0v) is 22.0. The number of methoxy groups -OCH3 is 1. The highest BCUT2D eigenvalue weighted by atomic mass is 32.2. The molecule has 0 bridgehead atoms. The summed E-state index contributed by atoms with van der Waals surface area (Å²) in [6, 6.07) is 19.7. The smallest absolute Gasteiger partial charge is 0.303 e. The van der Waals surface area contributed by atoms with Gasteiger partial charge in [-0.2, -0.15) is 12.7 Å². The maximum absolute atomic E-state index is 12.7. The number of para-hydroxylation sites is 1. The number of ether oxygens (including phenoxy) is 1. The summed E-state index contributed by atoms with van der Waals surface area (Å²) in [5.74, 6) is 0.0399. The number of aryl methyl sites for hydroxylation is 1. The van der Waals surface area contributed by atoms with Crippen LogP contribution in [-0.4, -0.2) is 60.6 Å². The number of amides is 1. The van der Waals surface area contributed by atoms with Crippen molar-refractivity contribution >= 4 is 49.0 Å². The van der Waals surface area contributed by atoms with E-state index in [1.54, 1.807) is 25.3 Å². The van der Waals surface area contributed by atoms with Gasteiger partial charge in [0.2, 0.25) is 0 Å². The van der Waals surface area contributed by atoms with Gasteiger partial charge in [0, 0.05) is 67.2 Å². The molecule has 2 aromatic heterocycles. The lowest BCUT2D eigenvalue weighted by molar-refractivity contribution is 0.0980. The molecule has 9 nitrogen and oxygen atoms in total. The van der Waals surface area contributed by atoms with E-state index < -0.39 is 16.1 Å². The second-order valence-corrected chi connectivity index (χ2v) is 10.9. The Kier molecular flexibility index (Phi) is 6.49. The van der Waals surface area contributed by atoms with E-state index in [0.29, 0.717) is 18.7 Å². The number of nitrogens with one attached hydrogen (secondary N) is 1. The lowest BCUT2D eigenvalue weighted by Crippen LogP contribution is -2.39. The Morgan fingerprint density at radius 1 is 0.973 bits per heavy atom. The Hall–Kier alpha value is -3.73. The number of hydrogen-bond donors (Lipinski definition) is 1. The van der Waals surface area contributed by atoms with Crippen molar-refractivity contribution in [2.24, 2.45) is 0 Å². The largest absolute Gasteiger partial charge is 0.383 e. The number of rotatable bonds is 8. The van der Waals surface area contributed by atoms with Crippen LogP contribution in [0.1, 0.15) is 17.3 Å².